The monoisotopic (exact) mass is 418 g/mol. The fourth-order valence-electron chi connectivity index (χ4n) is 3.70. The van der Waals surface area contributed by atoms with Crippen molar-refractivity contribution in [2.24, 2.45) is 7.05 Å². The molecule has 1 aliphatic rings. The molecule has 2 amide bonds. The molecular formula is C25H30N4O2. The molecule has 4 rings (SSSR count). The molecule has 3 aromatic rings. The summed E-state index contributed by atoms with van der Waals surface area (Å²) in [5.41, 5.74) is 3.91. The Morgan fingerprint density at radius 3 is 2.65 bits per heavy atom. The number of carbonyl (C=O) groups is 1. The number of hydrogen-bond donors (Lipinski definition) is 1. The summed E-state index contributed by atoms with van der Waals surface area (Å²) in [7, 11) is 1.89. The van der Waals surface area contributed by atoms with Gasteiger partial charge in [-0.25, -0.2) is 9.48 Å². The van der Waals surface area contributed by atoms with Crippen LogP contribution in [0.15, 0.2) is 54.6 Å². The highest BCUT2D eigenvalue weighted by Crippen LogP contribution is 2.37. The molecule has 31 heavy (non-hydrogen) atoms. The summed E-state index contributed by atoms with van der Waals surface area (Å²) in [5, 5.41) is 7.82. The lowest BCUT2D eigenvalue weighted by Crippen LogP contribution is -2.41. The normalized spacial score (nSPS) is 13.1. The first-order valence-electron chi connectivity index (χ1n) is 11.0. The Morgan fingerprint density at radius 1 is 1.19 bits per heavy atom. The predicted molar refractivity (Wildman–Crippen MR) is 122 cm³/mol. The molecule has 6 nitrogen and oxygen atoms in total. The zero-order valence-electron chi connectivity index (χ0n) is 18.5. The maximum atomic E-state index is 12.9. The number of nitrogens with zero attached hydrogens (tertiary/aromatic N) is 3. The van der Waals surface area contributed by atoms with E-state index in [0.29, 0.717) is 19.0 Å². The summed E-state index contributed by atoms with van der Waals surface area (Å²) < 4.78 is 8.10. The van der Waals surface area contributed by atoms with Crippen LogP contribution in [0.2, 0.25) is 0 Å². The molecule has 1 aliphatic carbocycles. The van der Waals surface area contributed by atoms with Crippen molar-refractivity contribution in [2.75, 3.05) is 6.54 Å². The van der Waals surface area contributed by atoms with Crippen molar-refractivity contribution in [3.63, 3.8) is 0 Å². The molecular weight excluding hydrogens is 388 g/mol. The summed E-state index contributed by atoms with van der Waals surface area (Å²) in [5.74, 6) is 1.43. The lowest BCUT2D eigenvalue weighted by Gasteiger charge is -2.23. The van der Waals surface area contributed by atoms with Crippen molar-refractivity contribution in [3.05, 3.63) is 65.7 Å². The Hall–Kier alpha value is -3.28. The average Bonchev–Trinajstić information content (AvgIpc) is 3.57. The van der Waals surface area contributed by atoms with E-state index in [9.17, 15) is 4.79 Å². The molecule has 0 saturated heterocycles. The molecule has 0 atom stereocenters. The molecule has 1 fully saturated rings. The highest BCUT2D eigenvalue weighted by Gasteiger charge is 2.34. The molecule has 0 aliphatic heterocycles. The van der Waals surface area contributed by atoms with Crippen LogP contribution in [0, 0.1) is 6.92 Å². The Bertz CT molecular complexity index is 1040. The van der Waals surface area contributed by atoms with Crippen LogP contribution in [0.1, 0.15) is 37.3 Å². The Morgan fingerprint density at radius 2 is 1.97 bits per heavy atom. The number of ether oxygens (including phenoxy) is 1. The second-order valence-electron chi connectivity index (χ2n) is 8.13. The summed E-state index contributed by atoms with van der Waals surface area (Å²) >= 11 is 0. The van der Waals surface area contributed by atoms with Gasteiger partial charge in [-0.15, -0.1) is 0 Å². The third kappa shape index (κ3) is 4.90. The third-order valence-corrected chi connectivity index (χ3v) is 5.44. The van der Waals surface area contributed by atoms with Gasteiger partial charge in [0.2, 0.25) is 5.88 Å². The van der Waals surface area contributed by atoms with Gasteiger partial charge in [-0.05, 0) is 43.9 Å². The van der Waals surface area contributed by atoms with Gasteiger partial charge in [-0.3, -0.25) is 0 Å². The van der Waals surface area contributed by atoms with Crippen LogP contribution in [0.4, 0.5) is 4.79 Å². The van der Waals surface area contributed by atoms with Gasteiger partial charge in [0.25, 0.3) is 0 Å². The van der Waals surface area contributed by atoms with E-state index in [0.717, 1.165) is 47.4 Å². The highest BCUT2D eigenvalue weighted by molar-refractivity contribution is 5.76. The smallest absolute Gasteiger partial charge is 0.317 e. The van der Waals surface area contributed by atoms with E-state index < -0.39 is 0 Å². The summed E-state index contributed by atoms with van der Waals surface area (Å²) in [6.07, 6.45) is 2.98. The van der Waals surface area contributed by atoms with E-state index in [4.69, 9.17) is 9.84 Å². The number of amides is 2. The minimum absolute atomic E-state index is 0.0197. The molecule has 1 aromatic heterocycles. The zero-order valence-corrected chi connectivity index (χ0v) is 18.5. The van der Waals surface area contributed by atoms with Gasteiger partial charge in [-0.2, -0.15) is 5.10 Å². The van der Waals surface area contributed by atoms with E-state index in [1.807, 2.05) is 73.5 Å². The second kappa shape index (κ2) is 9.25. The van der Waals surface area contributed by atoms with Gasteiger partial charge in [0, 0.05) is 25.2 Å². The Labute approximate surface area is 183 Å². The summed E-state index contributed by atoms with van der Waals surface area (Å²) in [6, 6.07) is 18.3. The van der Waals surface area contributed by atoms with E-state index in [1.54, 1.807) is 4.68 Å². The average molecular weight is 419 g/mol. The molecule has 1 N–H and O–H groups in total. The second-order valence-corrected chi connectivity index (χ2v) is 8.13. The van der Waals surface area contributed by atoms with Gasteiger partial charge >= 0.3 is 6.03 Å². The number of carbonyl (C=O) groups excluding carboxylic acids is 1. The summed E-state index contributed by atoms with van der Waals surface area (Å²) in [6.45, 7) is 5.23. The largest absolute Gasteiger partial charge is 0.439 e. The van der Waals surface area contributed by atoms with Crippen molar-refractivity contribution < 1.29 is 9.53 Å². The zero-order chi connectivity index (χ0) is 21.8. The van der Waals surface area contributed by atoms with Crippen LogP contribution in [0.25, 0.3) is 11.3 Å². The lowest BCUT2D eigenvalue weighted by molar-refractivity contribution is 0.191. The molecule has 162 valence electrons. The van der Waals surface area contributed by atoms with Gasteiger partial charge < -0.3 is 15.0 Å². The van der Waals surface area contributed by atoms with Gasteiger partial charge in [-0.1, -0.05) is 49.4 Å². The number of rotatable bonds is 8. The maximum Gasteiger partial charge on any atom is 0.317 e. The highest BCUT2D eigenvalue weighted by atomic mass is 16.5. The quantitative estimate of drug-likeness (QED) is 0.542. The predicted octanol–water partition coefficient (Wildman–Crippen LogP) is 5.27. The standard InChI is InChI=1S/C25H30N4O2/c1-4-15-26-25(30)29(20-13-14-20)17-22-23(19-10-6-5-7-11-19)27-28(3)24(22)31-21-12-8-9-18(2)16-21/h5-12,16,20H,4,13-15,17H2,1-3H3,(H,26,30). The third-order valence-electron chi connectivity index (χ3n) is 5.44. The Kier molecular flexibility index (Phi) is 6.26. The first-order valence-corrected chi connectivity index (χ1v) is 11.0. The van der Waals surface area contributed by atoms with Crippen LogP contribution in [-0.2, 0) is 13.6 Å². The van der Waals surface area contributed by atoms with Gasteiger partial charge in [0.1, 0.15) is 11.4 Å². The van der Waals surface area contributed by atoms with Crippen LogP contribution in [0.5, 0.6) is 11.6 Å². The number of hydrogen-bond acceptors (Lipinski definition) is 3. The maximum absolute atomic E-state index is 12.9. The fourth-order valence-corrected chi connectivity index (χ4v) is 3.70. The first-order chi connectivity index (χ1) is 15.1. The molecule has 2 aromatic carbocycles. The van der Waals surface area contributed by atoms with E-state index >= 15 is 0 Å². The molecule has 0 spiro atoms. The first kappa shape index (κ1) is 21.0. The topological polar surface area (TPSA) is 59.4 Å². The molecule has 6 heteroatoms. The van der Waals surface area contributed by atoms with E-state index in [-0.39, 0.29) is 12.1 Å². The van der Waals surface area contributed by atoms with Crippen LogP contribution in [-0.4, -0.2) is 33.3 Å². The molecule has 0 bridgehead atoms. The van der Waals surface area contributed by atoms with Crippen molar-refractivity contribution in [1.29, 1.82) is 0 Å². The molecule has 1 saturated carbocycles. The number of aryl methyl sites for hydroxylation is 2. The fraction of sp³-hybridized carbons (Fsp3) is 0.360. The van der Waals surface area contributed by atoms with Crippen molar-refractivity contribution in [1.82, 2.24) is 20.0 Å². The molecule has 0 radical (unpaired) electrons. The van der Waals surface area contributed by atoms with E-state index in [1.165, 1.54) is 0 Å². The number of urea groups is 1. The Balaban J connectivity index is 1.73. The number of aromatic nitrogens is 2. The molecule has 0 unspecified atom stereocenters. The van der Waals surface area contributed by atoms with E-state index in [2.05, 4.69) is 12.2 Å². The molecule has 1 heterocycles. The minimum Gasteiger partial charge on any atom is -0.439 e. The van der Waals surface area contributed by atoms with Crippen LogP contribution >= 0.6 is 0 Å². The van der Waals surface area contributed by atoms with Gasteiger partial charge in [0.05, 0.1) is 12.1 Å². The van der Waals surface area contributed by atoms with Crippen molar-refractivity contribution in [3.8, 4) is 22.9 Å². The van der Waals surface area contributed by atoms with Crippen LogP contribution < -0.4 is 10.1 Å². The SMILES string of the molecule is CCCNC(=O)N(Cc1c(-c2ccccc2)nn(C)c1Oc1cccc(C)c1)C1CC1. The number of benzene rings is 2. The minimum atomic E-state index is -0.0197. The van der Waals surface area contributed by atoms with Crippen molar-refractivity contribution >= 4 is 6.03 Å². The van der Waals surface area contributed by atoms with Crippen molar-refractivity contribution in [2.45, 2.75) is 45.7 Å². The lowest BCUT2D eigenvalue weighted by atomic mass is 10.1. The van der Waals surface area contributed by atoms with Gasteiger partial charge in [0.15, 0.2) is 0 Å². The van der Waals surface area contributed by atoms with Crippen LogP contribution in [0.3, 0.4) is 0 Å². The number of nitrogens with one attached hydrogen (secondary N) is 1. The summed E-state index contributed by atoms with van der Waals surface area (Å²) in [4.78, 5) is 14.8.